The van der Waals surface area contributed by atoms with Crippen molar-refractivity contribution >= 4 is 12.1 Å². The summed E-state index contributed by atoms with van der Waals surface area (Å²) in [5.74, 6) is -0.187. The molecule has 0 radical (unpaired) electrons. The van der Waals surface area contributed by atoms with E-state index in [-0.39, 0.29) is 30.6 Å². The smallest absolute Gasteiger partial charge is 0.410 e. The third-order valence-electron chi connectivity index (χ3n) is 7.51. The first kappa shape index (κ1) is 28.4. The molecule has 1 aromatic rings. The fourth-order valence-electron chi connectivity index (χ4n) is 5.67. The van der Waals surface area contributed by atoms with Crippen LogP contribution in [-0.2, 0) is 16.1 Å². The highest BCUT2D eigenvalue weighted by atomic mass is 19.1. The molecule has 36 heavy (non-hydrogen) atoms. The number of aliphatic carboxylic acids is 1. The van der Waals surface area contributed by atoms with E-state index in [1.165, 1.54) is 6.07 Å². The highest BCUT2D eigenvalue weighted by Crippen LogP contribution is 2.29. The van der Waals surface area contributed by atoms with Crippen LogP contribution in [0.2, 0.25) is 0 Å². The number of hydrogen-bond acceptors (Lipinski definition) is 5. The summed E-state index contributed by atoms with van der Waals surface area (Å²) in [6.45, 7) is 9.65. The van der Waals surface area contributed by atoms with Gasteiger partial charge in [0.1, 0.15) is 18.5 Å². The van der Waals surface area contributed by atoms with Gasteiger partial charge in [0, 0.05) is 43.8 Å². The first-order valence-corrected chi connectivity index (χ1v) is 13.6. The fourth-order valence-corrected chi connectivity index (χ4v) is 5.67. The number of hydrogen-bond donors (Lipinski definition) is 2. The molecule has 1 heterocycles. The molecule has 7 nitrogen and oxygen atoms in total. The van der Waals surface area contributed by atoms with Gasteiger partial charge in [0.25, 0.3) is 0 Å². The number of carboxylic acids is 1. The van der Waals surface area contributed by atoms with Crippen molar-refractivity contribution in [3.05, 3.63) is 35.6 Å². The van der Waals surface area contributed by atoms with Crippen LogP contribution >= 0.6 is 0 Å². The Morgan fingerprint density at radius 3 is 2.56 bits per heavy atom. The first-order chi connectivity index (χ1) is 17.3. The second kappa shape index (κ2) is 13.9. The number of amides is 1. The molecule has 8 heteroatoms. The third kappa shape index (κ3) is 8.44. The number of carboxylic acid groups (broad SMARTS) is 1. The van der Waals surface area contributed by atoms with E-state index in [0.29, 0.717) is 30.4 Å². The summed E-state index contributed by atoms with van der Waals surface area (Å²) in [6, 6.07) is 6.33. The Morgan fingerprint density at radius 1 is 1.19 bits per heavy atom. The van der Waals surface area contributed by atoms with Crippen LogP contribution < -0.4 is 5.32 Å². The predicted octanol–water partition coefficient (Wildman–Crippen LogP) is 4.90. The molecule has 3 rings (SSSR count). The number of rotatable bonds is 12. The van der Waals surface area contributed by atoms with Crippen LogP contribution in [0.15, 0.2) is 24.3 Å². The quantitative estimate of drug-likeness (QED) is 0.421. The van der Waals surface area contributed by atoms with Gasteiger partial charge < -0.3 is 25.0 Å². The van der Waals surface area contributed by atoms with Crippen LogP contribution in [0.25, 0.3) is 0 Å². The van der Waals surface area contributed by atoms with Gasteiger partial charge in [0.15, 0.2) is 0 Å². The molecule has 2 aliphatic rings. The number of carbonyl (C=O) groups is 2. The van der Waals surface area contributed by atoms with E-state index in [4.69, 9.17) is 4.74 Å². The summed E-state index contributed by atoms with van der Waals surface area (Å²) in [7, 11) is 0. The fraction of sp³-hybridized carbons (Fsp3) is 0.714. The molecule has 1 saturated heterocycles. The molecule has 202 valence electrons. The molecule has 1 amide bonds. The van der Waals surface area contributed by atoms with Crippen molar-refractivity contribution in [2.24, 2.45) is 11.8 Å². The molecule has 0 bridgehead atoms. The number of benzene rings is 1. The highest BCUT2D eigenvalue weighted by molar-refractivity contribution is 5.73. The average molecular weight is 506 g/mol. The number of nitrogens with zero attached hydrogens (tertiary/aromatic N) is 2. The molecule has 1 aliphatic carbocycles. The Balaban J connectivity index is 1.43. The number of carbonyl (C=O) groups excluding carboxylic acids is 1. The molecule has 1 saturated carbocycles. The zero-order valence-electron chi connectivity index (χ0n) is 22.1. The zero-order valence-corrected chi connectivity index (χ0v) is 22.1. The minimum atomic E-state index is -0.752. The van der Waals surface area contributed by atoms with Crippen molar-refractivity contribution in [3.8, 4) is 0 Å². The maximum atomic E-state index is 13.9. The van der Waals surface area contributed by atoms with Crippen LogP contribution in [-0.4, -0.2) is 71.3 Å². The Hall–Kier alpha value is -2.19. The van der Waals surface area contributed by atoms with Crippen LogP contribution in [0, 0.1) is 17.7 Å². The second-order valence-corrected chi connectivity index (χ2v) is 10.9. The molecule has 2 fully saturated rings. The van der Waals surface area contributed by atoms with Crippen LogP contribution in [0.5, 0.6) is 0 Å². The predicted molar refractivity (Wildman–Crippen MR) is 138 cm³/mol. The van der Waals surface area contributed by atoms with E-state index in [1.54, 1.807) is 18.2 Å². The monoisotopic (exact) mass is 505 g/mol. The van der Waals surface area contributed by atoms with E-state index in [0.717, 1.165) is 58.2 Å². The summed E-state index contributed by atoms with van der Waals surface area (Å²) < 4.78 is 19.4. The zero-order chi connectivity index (χ0) is 26.1. The minimum absolute atomic E-state index is 0.0542. The normalized spacial score (nSPS) is 22.0. The van der Waals surface area contributed by atoms with Crippen molar-refractivity contribution in [3.63, 3.8) is 0 Å². The largest absolute Gasteiger partial charge is 0.480 e. The molecular weight excluding hydrogens is 461 g/mol. The Bertz CT molecular complexity index is 844. The second-order valence-electron chi connectivity index (χ2n) is 10.9. The number of ether oxygens (including phenoxy) is 1. The average Bonchev–Trinajstić information content (AvgIpc) is 3.28. The number of halogens is 1. The van der Waals surface area contributed by atoms with Crippen molar-refractivity contribution in [1.82, 2.24) is 15.1 Å². The molecular formula is C28H44FN3O4. The Morgan fingerprint density at radius 2 is 1.92 bits per heavy atom. The van der Waals surface area contributed by atoms with Gasteiger partial charge in [0.05, 0.1) is 0 Å². The lowest BCUT2D eigenvalue weighted by Gasteiger charge is -2.38. The molecule has 0 aromatic heterocycles. The molecule has 3 atom stereocenters. The summed E-state index contributed by atoms with van der Waals surface area (Å²) in [5, 5.41) is 12.9. The first-order valence-electron chi connectivity index (χ1n) is 13.6. The lowest BCUT2D eigenvalue weighted by molar-refractivity contribution is -0.140. The molecule has 2 N–H and O–H groups in total. The summed E-state index contributed by atoms with van der Waals surface area (Å²) in [6.07, 6.45) is 6.11. The molecule has 1 aromatic carbocycles. The van der Waals surface area contributed by atoms with Crippen LogP contribution in [0.4, 0.5) is 9.18 Å². The van der Waals surface area contributed by atoms with Crippen LogP contribution in [0.1, 0.15) is 71.3 Å². The number of piperidine rings is 1. The van der Waals surface area contributed by atoms with Gasteiger partial charge in [0.2, 0.25) is 0 Å². The Labute approximate surface area is 215 Å². The molecule has 2 unspecified atom stereocenters. The maximum Gasteiger partial charge on any atom is 0.410 e. The number of likely N-dealkylation sites (tertiary alicyclic amines) is 1. The van der Waals surface area contributed by atoms with Crippen molar-refractivity contribution in [1.29, 1.82) is 0 Å². The maximum absolute atomic E-state index is 13.9. The minimum Gasteiger partial charge on any atom is -0.480 e. The molecule has 0 spiro atoms. The van der Waals surface area contributed by atoms with E-state index >= 15 is 0 Å². The number of nitrogens with one attached hydrogen (secondary N) is 1. The van der Waals surface area contributed by atoms with E-state index in [2.05, 4.69) is 24.1 Å². The Kier molecular flexibility index (Phi) is 11.0. The van der Waals surface area contributed by atoms with Crippen molar-refractivity contribution in [2.45, 2.75) is 90.4 Å². The van der Waals surface area contributed by atoms with Gasteiger partial charge in [-0.25, -0.2) is 9.18 Å². The highest BCUT2D eigenvalue weighted by Gasteiger charge is 2.33. The van der Waals surface area contributed by atoms with Gasteiger partial charge in [-0.3, -0.25) is 4.79 Å². The summed E-state index contributed by atoms with van der Waals surface area (Å²) >= 11 is 0. The third-order valence-corrected chi connectivity index (χ3v) is 7.51. The lowest BCUT2D eigenvalue weighted by Crippen LogP contribution is -2.48. The van der Waals surface area contributed by atoms with Gasteiger partial charge in [-0.1, -0.05) is 39.0 Å². The summed E-state index contributed by atoms with van der Waals surface area (Å²) in [5.41, 5.74) is 0.389. The van der Waals surface area contributed by atoms with Gasteiger partial charge in [-0.2, -0.15) is 0 Å². The lowest BCUT2D eigenvalue weighted by atomic mass is 10.00. The van der Waals surface area contributed by atoms with Gasteiger partial charge >= 0.3 is 12.1 Å². The van der Waals surface area contributed by atoms with Crippen molar-refractivity contribution in [2.75, 3.05) is 26.2 Å². The van der Waals surface area contributed by atoms with E-state index in [1.807, 2.05) is 11.8 Å². The van der Waals surface area contributed by atoms with Gasteiger partial charge in [-0.15, -0.1) is 0 Å². The van der Waals surface area contributed by atoms with E-state index < -0.39 is 12.0 Å². The topological polar surface area (TPSA) is 82.1 Å². The standard InChI is InChI=1S/C28H44FN3O4/c1-4-13-32(28(35)36-19-22-7-5-6-8-25(22)29)24-11-14-31(15-12-24)18-21-9-10-23(17-21)30-26(27(33)34)16-20(2)3/h5-8,20-21,23-24,26,30H,4,9-19H2,1-3H3,(H,33,34)/t21-,23?,26?/m1/s1. The molecule has 1 aliphatic heterocycles. The van der Waals surface area contributed by atoms with Crippen molar-refractivity contribution < 1.29 is 23.8 Å². The van der Waals surface area contributed by atoms with Gasteiger partial charge in [-0.05, 0) is 62.8 Å². The summed E-state index contributed by atoms with van der Waals surface area (Å²) in [4.78, 5) is 28.8. The van der Waals surface area contributed by atoms with E-state index in [9.17, 15) is 19.1 Å². The SMILES string of the molecule is CCCN(C(=O)OCc1ccccc1F)C1CCN(C[C@@H]2CCC(NC(CC(C)C)C(=O)O)C2)CC1. The van der Waals surface area contributed by atoms with Crippen LogP contribution in [0.3, 0.4) is 0 Å².